The first kappa shape index (κ1) is 18.8. The van der Waals surface area contributed by atoms with Gasteiger partial charge in [-0.2, -0.15) is 4.98 Å². The second-order valence-corrected chi connectivity index (χ2v) is 8.61. The molecule has 1 saturated carbocycles. The molecule has 1 aliphatic carbocycles. The van der Waals surface area contributed by atoms with Gasteiger partial charge in [0.25, 0.3) is 0 Å². The lowest BCUT2D eigenvalue weighted by Crippen LogP contribution is -2.16. The molecular formula is C19H24N6O2S. The highest BCUT2D eigenvalue weighted by molar-refractivity contribution is 7.99. The molecule has 4 rings (SSSR count). The first-order valence-electron chi connectivity index (χ1n) is 9.43. The number of thioether (sulfide) groups is 1. The van der Waals surface area contributed by atoms with Gasteiger partial charge in [-0.05, 0) is 43.4 Å². The smallest absolute Gasteiger partial charge is 0.239 e. The fraction of sp³-hybridized carbons (Fsp3) is 0.474. The summed E-state index contributed by atoms with van der Waals surface area (Å²) >= 11 is 1.43. The van der Waals surface area contributed by atoms with Crippen LogP contribution in [0.25, 0.3) is 0 Å². The average molecular weight is 401 g/mol. The van der Waals surface area contributed by atoms with Crippen LogP contribution in [-0.2, 0) is 6.61 Å². The third-order valence-electron chi connectivity index (χ3n) is 4.68. The van der Waals surface area contributed by atoms with E-state index in [1.165, 1.54) is 22.0 Å². The van der Waals surface area contributed by atoms with Crippen LogP contribution in [0.4, 0.5) is 0 Å². The largest absolute Gasteiger partial charge is 0.486 e. The number of nitrogen functional groups attached to an aromatic ring is 1. The number of aromatic nitrogens is 5. The fourth-order valence-electron chi connectivity index (χ4n) is 2.71. The number of nitrogens with zero attached hydrogens (tertiary/aromatic N) is 5. The van der Waals surface area contributed by atoms with Crippen molar-refractivity contribution in [2.45, 2.75) is 62.5 Å². The molecule has 0 aliphatic heterocycles. The van der Waals surface area contributed by atoms with Crippen molar-refractivity contribution in [1.82, 2.24) is 25.0 Å². The first-order valence-corrected chi connectivity index (χ1v) is 10.3. The predicted molar refractivity (Wildman–Crippen MR) is 106 cm³/mol. The number of rotatable bonds is 8. The molecule has 28 heavy (non-hydrogen) atoms. The maximum atomic E-state index is 6.15. The van der Waals surface area contributed by atoms with Gasteiger partial charge in [0.05, 0.1) is 5.25 Å². The van der Waals surface area contributed by atoms with E-state index in [1.54, 1.807) is 0 Å². The second-order valence-electron chi connectivity index (χ2n) is 7.31. The number of nitrogens with two attached hydrogens (primary N) is 1. The maximum absolute atomic E-state index is 6.15. The average Bonchev–Trinajstić information content (AvgIpc) is 3.32. The lowest BCUT2D eigenvalue weighted by atomic mass is 10.0. The summed E-state index contributed by atoms with van der Waals surface area (Å²) in [6.07, 6.45) is 2.28. The Kier molecular flexibility index (Phi) is 5.25. The minimum atomic E-state index is -0.0659. The zero-order valence-electron chi connectivity index (χ0n) is 16.2. The summed E-state index contributed by atoms with van der Waals surface area (Å²) in [6, 6.07) is 8.04. The standard InChI is InChI=1S/C19H24N6O2S/c1-11(2)13-6-8-15(9-7-13)26-10-16-22-23-19(25(16)20)28-12(3)18-21-17(24-27-18)14-4-5-14/h6-9,11-12,14H,4-5,10,20H2,1-3H3. The van der Waals surface area contributed by atoms with E-state index in [2.05, 4.69) is 46.3 Å². The predicted octanol–water partition coefficient (Wildman–Crippen LogP) is 3.81. The Morgan fingerprint density at radius 3 is 2.64 bits per heavy atom. The molecule has 148 valence electrons. The molecular weight excluding hydrogens is 376 g/mol. The molecule has 2 heterocycles. The Hall–Kier alpha value is -2.55. The van der Waals surface area contributed by atoms with Crippen LogP contribution in [0.5, 0.6) is 5.75 Å². The molecule has 9 heteroatoms. The molecule has 1 aromatic carbocycles. The summed E-state index contributed by atoms with van der Waals surface area (Å²) in [5.74, 6) is 9.80. The van der Waals surface area contributed by atoms with Crippen molar-refractivity contribution >= 4 is 11.8 Å². The van der Waals surface area contributed by atoms with E-state index in [0.717, 1.165) is 24.4 Å². The lowest BCUT2D eigenvalue weighted by molar-refractivity contribution is 0.291. The van der Waals surface area contributed by atoms with Crippen LogP contribution in [-0.4, -0.2) is 25.0 Å². The molecule has 1 unspecified atom stereocenters. The zero-order chi connectivity index (χ0) is 19.7. The van der Waals surface area contributed by atoms with Crippen LogP contribution in [0, 0.1) is 0 Å². The van der Waals surface area contributed by atoms with Gasteiger partial charge < -0.3 is 15.1 Å². The highest BCUT2D eigenvalue weighted by Gasteiger charge is 2.30. The molecule has 0 saturated heterocycles. The number of benzene rings is 1. The lowest BCUT2D eigenvalue weighted by Gasteiger charge is -2.09. The number of hydrogen-bond acceptors (Lipinski definition) is 8. The van der Waals surface area contributed by atoms with Crippen molar-refractivity contribution in [1.29, 1.82) is 0 Å². The van der Waals surface area contributed by atoms with Crippen LogP contribution in [0.2, 0.25) is 0 Å². The summed E-state index contributed by atoms with van der Waals surface area (Å²) in [5.41, 5.74) is 1.27. The van der Waals surface area contributed by atoms with Gasteiger partial charge in [0, 0.05) is 5.92 Å². The summed E-state index contributed by atoms with van der Waals surface area (Å²) in [5, 5.41) is 12.9. The van der Waals surface area contributed by atoms with E-state index >= 15 is 0 Å². The summed E-state index contributed by atoms with van der Waals surface area (Å²) < 4.78 is 12.6. The Morgan fingerprint density at radius 2 is 1.96 bits per heavy atom. The molecule has 3 aromatic rings. The van der Waals surface area contributed by atoms with E-state index in [9.17, 15) is 0 Å². The van der Waals surface area contributed by atoms with Crippen LogP contribution in [0.1, 0.15) is 73.8 Å². The van der Waals surface area contributed by atoms with Crippen LogP contribution >= 0.6 is 11.8 Å². The fourth-order valence-corrected chi connectivity index (χ4v) is 3.53. The molecule has 8 nitrogen and oxygen atoms in total. The normalized spacial score (nSPS) is 15.1. The molecule has 1 atom stereocenters. The topological polar surface area (TPSA) is 105 Å². The highest BCUT2D eigenvalue weighted by atomic mass is 32.2. The van der Waals surface area contributed by atoms with Gasteiger partial charge in [0.1, 0.15) is 12.4 Å². The van der Waals surface area contributed by atoms with Gasteiger partial charge in [-0.25, -0.2) is 4.68 Å². The van der Waals surface area contributed by atoms with Crippen molar-refractivity contribution in [3.63, 3.8) is 0 Å². The third-order valence-corrected chi connectivity index (χ3v) is 5.72. The third kappa shape index (κ3) is 4.14. The molecule has 0 bridgehead atoms. The molecule has 0 spiro atoms. The van der Waals surface area contributed by atoms with Crippen LogP contribution in [0.3, 0.4) is 0 Å². The Balaban J connectivity index is 1.36. The maximum Gasteiger partial charge on any atom is 0.239 e. The van der Waals surface area contributed by atoms with E-state index < -0.39 is 0 Å². The zero-order valence-corrected chi connectivity index (χ0v) is 17.0. The minimum Gasteiger partial charge on any atom is -0.486 e. The molecule has 0 radical (unpaired) electrons. The monoisotopic (exact) mass is 400 g/mol. The molecule has 2 N–H and O–H groups in total. The van der Waals surface area contributed by atoms with E-state index in [1.807, 2.05) is 19.1 Å². The summed E-state index contributed by atoms with van der Waals surface area (Å²) in [7, 11) is 0. The Labute approximate surface area is 167 Å². The molecule has 0 amide bonds. The van der Waals surface area contributed by atoms with Gasteiger partial charge >= 0.3 is 0 Å². The van der Waals surface area contributed by atoms with Gasteiger partial charge in [-0.3, -0.25) is 0 Å². The Bertz CT molecular complexity index is 932. The Morgan fingerprint density at radius 1 is 1.21 bits per heavy atom. The van der Waals surface area contributed by atoms with Gasteiger partial charge in [0.15, 0.2) is 11.6 Å². The van der Waals surface area contributed by atoms with E-state index in [-0.39, 0.29) is 11.9 Å². The molecule has 1 aliphatic rings. The van der Waals surface area contributed by atoms with E-state index in [4.69, 9.17) is 15.1 Å². The van der Waals surface area contributed by atoms with Gasteiger partial charge in [-0.1, -0.05) is 42.9 Å². The van der Waals surface area contributed by atoms with Crippen molar-refractivity contribution in [3.05, 3.63) is 47.4 Å². The highest BCUT2D eigenvalue weighted by Crippen LogP contribution is 2.40. The summed E-state index contributed by atoms with van der Waals surface area (Å²) in [4.78, 5) is 4.48. The number of ether oxygens (including phenoxy) is 1. The second kappa shape index (κ2) is 7.83. The first-order chi connectivity index (χ1) is 13.5. The van der Waals surface area contributed by atoms with Crippen LogP contribution < -0.4 is 10.6 Å². The van der Waals surface area contributed by atoms with Crippen LogP contribution in [0.15, 0.2) is 33.9 Å². The quantitative estimate of drug-likeness (QED) is 0.449. The molecule has 1 fully saturated rings. The van der Waals surface area contributed by atoms with Crippen molar-refractivity contribution in [2.75, 3.05) is 5.84 Å². The van der Waals surface area contributed by atoms with Gasteiger partial charge in [-0.15, -0.1) is 10.2 Å². The van der Waals surface area contributed by atoms with Crippen molar-refractivity contribution in [2.24, 2.45) is 0 Å². The van der Waals surface area contributed by atoms with Gasteiger partial charge in [0.2, 0.25) is 11.0 Å². The number of hydrogen-bond donors (Lipinski definition) is 1. The summed E-state index contributed by atoms with van der Waals surface area (Å²) in [6.45, 7) is 6.55. The SMILES string of the molecule is CC(C)c1ccc(OCc2nnc(SC(C)c3nc(C4CC4)no3)n2N)cc1. The van der Waals surface area contributed by atoms with Crippen molar-refractivity contribution < 1.29 is 9.26 Å². The minimum absolute atomic E-state index is 0.0659. The van der Waals surface area contributed by atoms with E-state index in [0.29, 0.717) is 28.7 Å². The molecule has 2 aromatic heterocycles. The van der Waals surface area contributed by atoms with Crippen molar-refractivity contribution in [3.8, 4) is 5.75 Å².